The zero-order chi connectivity index (χ0) is 25.4. The molecule has 0 spiro atoms. The van der Waals surface area contributed by atoms with E-state index in [4.69, 9.17) is 10.5 Å². The highest BCUT2D eigenvalue weighted by molar-refractivity contribution is 7.89. The lowest BCUT2D eigenvalue weighted by Gasteiger charge is -2.21. The molecule has 0 saturated carbocycles. The maximum absolute atomic E-state index is 13.2. The van der Waals surface area contributed by atoms with Crippen molar-refractivity contribution < 1.29 is 27.5 Å². The monoisotopic (exact) mass is 496 g/mol. The van der Waals surface area contributed by atoms with E-state index in [1.165, 1.54) is 43.5 Å². The average molecular weight is 497 g/mol. The number of carbonyl (C=O) groups is 3. The molecule has 0 unspecified atom stereocenters. The summed E-state index contributed by atoms with van der Waals surface area (Å²) in [6, 6.07) is 17.3. The number of ether oxygens (including phenoxy) is 1. The molecule has 0 atom stereocenters. The van der Waals surface area contributed by atoms with Crippen LogP contribution in [0.4, 0.5) is 0 Å². The standard InChI is InChI=1S/C24H24N4O6S/c1-34-16-28(24(31)19-9-12-21(22(25)29)27-15-19)35(32,33)20-10-7-18(8-11-20)23(30)26-14-13-17-5-3-2-4-6-17/h2-12,15H,13-14,16H2,1H3,(H2,25,29)(H,26,30). The highest BCUT2D eigenvalue weighted by Crippen LogP contribution is 2.19. The van der Waals surface area contributed by atoms with Gasteiger partial charge in [-0.05, 0) is 48.4 Å². The van der Waals surface area contributed by atoms with Gasteiger partial charge in [0.05, 0.1) is 10.5 Å². The van der Waals surface area contributed by atoms with Crippen molar-refractivity contribution in [2.24, 2.45) is 5.73 Å². The van der Waals surface area contributed by atoms with Crippen LogP contribution in [0.1, 0.15) is 36.8 Å². The maximum atomic E-state index is 13.2. The minimum Gasteiger partial charge on any atom is -0.364 e. The molecular weight excluding hydrogens is 472 g/mol. The highest BCUT2D eigenvalue weighted by Gasteiger charge is 2.30. The second kappa shape index (κ2) is 11.4. The lowest BCUT2D eigenvalue weighted by Crippen LogP contribution is -2.38. The number of sulfonamides is 1. The van der Waals surface area contributed by atoms with E-state index >= 15 is 0 Å². The van der Waals surface area contributed by atoms with Crippen LogP contribution in [0.15, 0.2) is 77.8 Å². The molecule has 1 aromatic heterocycles. The zero-order valence-electron chi connectivity index (χ0n) is 18.9. The number of aromatic nitrogens is 1. The number of rotatable bonds is 10. The number of nitrogens with zero attached hydrogens (tertiary/aromatic N) is 2. The number of methoxy groups -OCH3 is 1. The Morgan fingerprint density at radius 1 is 0.971 bits per heavy atom. The third-order valence-electron chi connectivity index (χ3n) is 4.98. The van der Waals surface area contributed by atoms with Gasteiger partial charge in [0.2, 0.25) is 0 Å². The smallest absolute Gasteiger partial charge is 0.271 e. The Morgan fingerprint density at radius 3 is 2.20 bits per heavy atom. The van der Waals surface area contributed by atoms with Crippen LogP contribution in [-0.4, -0.2) is 55.8 Å². The van der Waals surface area contributed by atoms with Crippen molar-refractivity contribution >= 4 is 27.7 Å². The van der Waals surface area contributed by atoms with Gasteiger partial charge in [-0.1, -0.05) is 30.3 Å². The van der Waals surface area contributed by atoms with Crippen molar-refractivity contribution in [2.45, 2.75) is 11.3 Å². The van der Waals surface area contributed by atoms with Gasteiger partial charge < -0.3 is 15.8 Å². The Labute approximate surface area is 202 Å². The first-order chi connectivity index (χ1) is 16.7. The lowest BCUT2D eigenvalue weighted by atomic mass is 10.1. The number of hydrogen-bond donors (Lipinski definition) is 2. The fourth-order valence-electron chi connectivity index (χ4n) is 3.14. The Hall–Kier alpha value is -4.09. The van der Waals surface area contributed by atoms with Crippen molar-refractivity contribution in [3.63, 3.8) is 0 Å². The summed E-state index contributed by atoms with van der Waals surface area (Å²) in [5, 5.41) is 2.79. The third kappa shape index (κ3) is 6.28. The summed E-state index contributed by atoms with van der Waals surface area (Å²) >= 11 is 0. The number of amides is 3. The molecule has 0 fully saturated rings. The third-order valence-corrected chi connectivity index (χ3v) is 6.70. The highest BCUT2D eigenvalue weighted by atomic mass is 32.2. The zero-order valence-corrected chi connectivity index (χ0v) is 19.7. The number of hydrogen-bond acceptors (Lipinski definition) is 7. The van der Waals surface area contributed by atoms with Crippen LogP contribution in [-0.2, 0) is 21.2 Å². The van der Waals surface area contributed by atoms with Crippen molar-refractivity contribution in [1.82, 2.24) is 14.6 Å². The maximum Gasteiger partial charge on any atom is 0.271 e. The van der Waals surface area contributed by atoms with Crippen molar-refractivity contribution in [2.75, 3.05) is 20.4 Å². The molecule has 10 nitrogen and oxygen atoms in total. The van der Waals surface area contributed by atoms with Gasteiger partial charge in [0.25, 0.3) is 27.7 Å². The van der Waals surface area contributed by atoms with E-state index in [2.05, 4.69) is 10.3 Å². The molecule has 2 aromatic carbocycles. The average Bonchev–Trinajstić information content (AvgIpc) is 2.87. The van der Waals surface area contributed by atoms with Crippen molar-refractivity contribution in [1.29, 1.82) is 0 Å². The van der Waals surface area contributed by atoms with Gasteiger partial charge in [-0.3, -0.25) is 19.4 Å². The van der Waals surface area contributed by atoms with Gasteiger partial charge in [0.1, 0.15) is 12.4 Å². The van der Waals surface area contributed by atoms with E-state index in [1.807, 2.05) is 30.3 Å². The molecule has 3 aromatic rings. The first-order valence-corrected chi connectivity index (χ1v) is 11.9. The fraction of sp³-hybridized carbons (Fsp3) is 0.167. The van der Waals surface area contributed by atoms with Crippen molar-refractivity contribution in [3.05, 3.63) is 95.3 Å². The molecule has 0 aliphatic heterocycles. The van der Waals surface area contributed by atoms with Crippen LogP contribution >= 0.6 is 0 Å². The lowest BCUT2D eigenvalue weighted by molar-refractivity contribution is 0.0663. The molecule has 3 N–H and O–H groups in total. The second-order valence-corrected chi connectivity index (χ2v) is 9.25. The summed E-state index contributed by atoms with van der Waals surface area (Å²) < 4.78 is 31.8. The minimum absolute atomic E-state index is 0.0691. The topological polar surface area (TPSA) is 149 Å². The molecule has 0 saturated heterocycles. The summed E-state index contributed by atoms with van der Waals surface area (Å²) in [6.07, 6.45) is 1.71. The van der Waals surface area contributed by atoms with Crippen LogP contribution in [0.5, 0.6) is 0 Å². The molecule has 0 aliphatic rings. The largest absolute Gasteiger partial charge is 0.364 e. The normalized spacial score (nSPS) is 11.0. The first-order valence-electron chi connectivity index (χ1n) is 10.5. The Bertz CT molecular complexity index is 1290. The number of nitrogens with two attached hydrogens (primary N) is 1. The molecule has 35 heavy (non-hydrogen) atoms. The molecule has 0 aliphatic carbocycles. The number of nitrogens with one attached hydrogen (secondary N) is 1. The summed E-state index contributed by atoms with van der Waals surface area (Å²) in [4.78, 5) is 40.1. The summed E-state index contributed by atoms with van der Waals surface area (Å²) in [5.41, 5.74) is 6.34. The molecule has 3 amide bonds. The van der Waals surface area contributed by atoms with Crippen LogP contribution in [0.3, 0.4) is 0 Å². The van der Waals surface area contributed by atoms with E-state index in [-0.39, 0.29) is 27.6 Å². The molecule has 0 radical (unpaired) electrons. The van der Waals surface area contributed by atoms with E-state index < -0.39 is 28.6 Å². The Kier molecular flexibility index (Phi) is 8.29. The first kappa shape index (κ1) is 25.5. The molecular formula is C24H24N4O6S. The quantitative estimate of drug-likeness (QED) is 0.405. The minimum atomic E-state index is -4.32. The molecule has 182 valence electrons. The summed E-state index contributed by atoms with van der Waals surface area (Å²) in [5.74, 6) is -2.04. The van der Waals surface area contributed by atoms with Gasteiger partial charge in [-0.25, -0.2) is 12.7 Å². The predicted molar refractivity (Wildman–Crippen MR) is 127 cm³/mol. The van der Waals surface area contributed by atoms with Gasteiger partial charge in [0, 0.05) is 25.4 Å². The molecule has 1 heterocycles. The van der Waals surface area contributed by atoms with E-state index in [0.717, 1.165) is 11.8 Å². The SMILES string of the molecule is COCN(C(=O)c1ccc(C(N)=O)nc1)S(=O)(=O)c1ccc(C(=O)NCCc2ccccc2)cc1. The van der Waals surface area contributed by atoms with Crippen LogP contribution < -0.4 is 11.1 Å². The molecule has 11 heteroatoms. The molecule has 3 rings (SSSR count). The Balaban J connectivity index is 1.73. The van der Waals surface area contributed by atoms with Gasteiger partial charge in [-0.2, -0.15) is 0 Å². The van der Waals surface area contributed by atoms with Crippen LogP contribution in [0.25, 0.3) is 0 Å². The van der Waals surface area contributed by atoms with Crippen LogP contribution in [0, 0.1) is 0 Å². The van der Waals surface area contributed by atoms with Gasteiger partial charge >= 0.3 is 0 Å². The fourth-order valence-corrected chi connectivity index (χ4v) is 4.44. The van der Waals surface area contributed by atoms with E-state index in [9.17, 15) is 22.8 Å². The number of carbonyl (C=O) groups excluding carboxylic acids is 3. The Morgan fingerprint density at radius 2 is 1.63 bits per heavy atom. The summed E-state index contributed by atoms with van der Waals surface area (Å²) in [7, 11) is -3.08. The van der Waals surface area contributed by atoms with E-state index in [1.54, 1.807) is 0 Å². The number of pyridine rings is 1. The van der Waals surface area contributed by atoms with Gasteiger partial charge in [0.15, 0.2) is 0 Å². The predicted octanol–water partition coefficient (Wildman–Crippen LogP) is 1.59. The van der Waals surface area contributed by atoms with E-state index in [0.29, 0.717) is 17.3 Å². The van der Waals surface area contributed by atoms with Crippen molar-refractivity contribution in [3.8, 4) is 0 Å². The second-order valence-electron chi connectivity index (χ2n) is 7.39. The number of primary amides is 1. The number of benzene rings is 2. The summed E-state index contributed by atoms with van der Waals surface area (Å²) in [6.45, 7) is -0.137. The molecule has 0 bridgehead atoms. The van der Waals surface area contributed by atoms with Crippen LogP contribution in [0.2, 0.25) is 0 Å². The van der Waals surface area contributed by atoms with Gasteiger partial charge in [-0.15, -0.1) is 0 Å².